The van der Waals surface area contributed by atoms with Gasteiger partial charge in [0.2, 0.25) is 0 Å². The molecule has 45 heavy (non-hydrogen) atoms. The Morgan fingerprint density at radius 2 is 1.13 bits per heavy atom. The second kappa shape index (κ2) is 23.5. The molecule has 1 aliphatic rings. The highest BCUT2D eigenvalue weighted by molar-refractivity contribution is 5.40. The van der Waals surface area contributed by atoms with Gasteiger partial charge in [0.05, 0.1) is 39.1 Å². The zero-order valence-electron chi connectivity index (χ0n) is 26.1. The molecule has 238 valence electrons. The van der Waals surface area contributed by atoms with Crippen LogP contribution in [0.3, 0.4) is 0 Å². The highest BCUT2D eigenvalue weighted by atomic mass is 16.6. The number of rotatable bonds is 20. The molecular weight excluding hydrogens is 564 g/mol. The summed E-state index contributed by atoms with van der Waals surface area (Å²) in [5, 5.41) is 9.84. The van der Waals surface area contributed by atoms with Crippen LogP contribution in [0.5, 0.6) is 11.5 Å². The first kappa shape index (κ1) is 36.3. The van der Waals surface area contributed by atoms with E-state index in [0.717, 1.165) is 0 Å². The summed E-state index contributed by atoms with van der Waals surface area (Å²) in [5.41, 5.74) is 0.690. The van der Waals surface area contributed by atoms with Crippen molar-refractivity contribution in [3.63, 3.8) is 0 Å². The molecule has 0 saturated heterocycles. The van der Waals surface area contributed by atoms with Gasteiger partial charge in [0.25, 0.3) is 0 Å². The largest absolute Gasteiger partial charge is 0.497 e. The number of benzene rings is 1. The van der Waals surface area contributed by atoms with E-state index in [1.807, 2.05) is 91.1 Å². The van der Waals surface area contributed by atoms with Gasteiger partial charge in [-0.2, -0.15) is 0 Å². The maximum absolute atomic E-state index is 9.84. The lowest BCUT2D eigenvalue weighted by Crippen LogP contribution is -2.48. The molecule has 2 atom stereocenters. The predicted octanol–water partition coefficient (Wildman–Crippen LogP) is 8.57. The third-order valence-electron chi connectivity index (χ3n) is 6.50. The fraction of sp³-hybridized carbons (Fsp3) is 0.231. The van der Waals surface area contributed by atoms with Gasteiger partial charge in [-0.25, -0.2) is 0 Å². The van der Waals surface area contributed by atoms with Gasteiger partial charge in [-0.3, -0.25) is 0 Å². The summed E-state index contributed by atoms with van der Waals surface area (Å²) in [4.78, 5) is 0. The Bertz CT molecular complexity index is 1240. The molecular formula is C39H46O6. The van der Waals surface area contributed by atoms with E-state index in [2.05, 4.69) is 19.7 Å². The van der Waals surface area contributed by atoms with E-state index >= 15 is 0 Å². The summed E-state index contributed by atoms with van der Waals surface area (Å²) in [6.07, 6.45) is 38.4. The standard InChI is InChI=1S/C39H46O6/c1-5-8-11-14-17-20-25-42-37-28-33(32-45-36-30-35(41-4)24-23-34(36)31-40)29-38(43-26-21-18-15-12-9-6-2)39(37)44-27-22-19-16-13-10-7-3/h5-27,30,33,37-40H,1-3,28-29,31-32H2,4H3. The van der Waals surface area contributed by atoms with Gasteiger partial charge in [0, 0.05) is 17.5 Å². The van der Waals surface area contributed by atoms with Crippen molar-refractivity contribution in [1.29, 1.82) is 0 Å². The van der Waals surface area contributed by atoms with Crippen molar-refractivity contribution in [3.05, 3.63) is 172 Å². The van der Waals surface area contributed by atoms with Crippen LogP contribution in [0.4, 0.5) is 0 Å². The number of ether oxygens (including phenoxy) is 5. The average molecular weight is 611 g/mol. The summed E-state index contributed by atoms with van der Waals surface area (Å²) < 4.78 is 30.3. The van der Waals surface area contributed by atoms with E-state index in [9.17, 15) is 5.11 Å². The normalized spacial score (nSPS) is 21.0. The summed E-state index contributed by atoms with van der Waals surface area (Å²) in [6, 6.07) is 5.39. The Kier molecular flexibility index (Phi) is 18.9. The van der Waals surface area contributed by atoms with Crippen LogP contribution in [-0.4, -0.2) is 37.1 Å². The van der Waals surface area contributed by atoms with Crippen molar-refractivity contribution < 1.29 is 28.8 Å². The number of allylic oxidation sites excluding steroid dienone is 18. The second-order valence-corrected chi connectivity index (χ2v) is 9.73. The Balaban J connectivity index is 2.29. The van der Waals surface area contributed by atoms with Gasteiger partial charge < -0.3 is 28.8 Å². The third kappa shape index (κ3) is 14.9. The summed E-state index contributed by atoms with van der Waals surface area (Å²) in [5.74, 6) is 1.31. The van der Waals surface area contributed by atoms with Gasteiger partial charge in [-0.15, -0.1) is 0 Å². The molecule has 0 spiro atoms. The van der Waals surface area contributed by atoms with Crippen molar-refractivity contribution in [2.45, 2.75) is 37.8 Å². The Labute approximate surface area is 269 Å². The highest BCUT2D eigenvalue weighted by Gasteiger charge is 2.41. The third-order valence-corrected chi connectivity index (χ3v) is 6.50. The molecule has 0 bridgehead atoms. The molecule has 0 radical (unpaired) electrons. The molecule has 1 N–H and O–H groups in total. The van der Waals surface area contributed by atoms with E-state index in [1.54, 1.807) is 62.3 Å². The molecule has 2 unspecified atom stereocenters. The zero-order chi connectivity index (χ0) is 32.4. The van der Waals surface area contributed by atoms with Gasteiger partial charge >= 0.3 is 0 Å². The first-order valence-corrected chi connectivity index (χ1v) is 14.9. The lowest BCUT2D eigenvalue weighted by atomic mass is 9.83. The van der Waals surface area contributed by atoms with E-state index in [1.165, 1.54) is 0 Å². The van der Waals surface area contributed by atoms with E-state index in [4.69, 9.17) is 23.7 Å². The smallest absolute Gasteiger partial charge is 0.171 e. The van der Waals surface area contributed by atoms with Crippen LogP contribution >= 0.6 is 0 Å². The minimum absolute atomic E-state index is 0.0736. The van der Waals surface area contributed by atoms with E-state index < -0.39 is 6.10 Å². The molecule has 1 aromatic carbocycles. The van der Waals surface area contributed by atoms with Crippen molar-refractivity contribution in [1.82, 2.24) is 0 Å². The molecule has 1 aromatic rings. The maximum Gasteiger partial charge on any atom is 0.171 e. The highest BCUT2D eigenvalue weighted by Crippen LogP contribution is 2.33. The van der Waals surface area contributed by atoms with Crippen LogP contribution in [0.1, 0.15) is 18.4 Å². The number of hydrogen-bond donors (Lipinski definition) is 1. The van der Waals surface area contributed by atoms with E-state index in [-0.39, 0.29) is 24.7 Å². The predicted molar refractivity (Wildman–Crippen MR) is 185 cm³/mol. The summed E-state index contributed by atoms with van der Waals surface area (Å²) >= 11 is 0. The molecule has 0 aliphatic heterocycles. The summed E-state index contributed by atoms with van der Waals surface area (Å²) in [6.45, 7) is 11.3. The summed E-state index contributed by atoms with van der Waals surface area (Å²) in [7, 11) is 1.60. The SMILES string of the molecule is C=CC=CC=CC=COC1CC(COc2cc(OC)ccc2CO)CC(OC=CC=CC=CC=C)C1OC=CC=CC=CC=C. The average Bonchev–Trinajstić information content (AvgIpc) is 3.06. The van der Waals surface area contributed by atoms with Crippen LogP contribution in [0.2, 0.25) is 0 Å². The number of methoxy groups -OCH3 is 1. The van der Waals surface area contributed by atoms with Crippen LogP contribution < -0.4 is 9.47 Å². The monoisotopic (exact) mass is 610 g/mol. The molecule has 0 aromatic heterocycles. The van der Waals surface area contributed by atoms with Crippen molar-refractivity contribution >= 4 is 0 Å². The fourth-order valence-electron chi connectivity index (χ4n) is 4.35. The number of aliphatic hydroxyl groups excluding tert-OH is 1. The Morgan fingerprint density at radius 1 is 0.667 bits per heavy atom. The molecule has 6 nitrogen and oxygen atoms in total. The first-order chi connectivity index (χ1) is 22.2. The Hall–Kier alpha value is -4.94. The number of aliphatic hydroxyl groups is 1. The molecule has 0 amide bonds. The quantitative estimate of drug-likeness (QED) is 0.118. The lowest BCUT2D eigenvalue weighted by molar-refractivity contribution is -0.116. The molecule has 2 rings (SSSR count). The topological polar surface area (TPSA) is 66.4 Å². The Morgan fingerprint density at radius 3 is 1.60 bits per heavy atom. The van der Waals surface area contributed by atoms with Crippen molar-refractivity contribution in [3.8, 4) is 11.5 Å². The van der Waals surface area contributed by atoms with Crippen LogP contribution in [0.25, 0.3) is 0 Å². The lowest BCUT2D eigenvalue weighted by Gasteiger charge is -2.39. The van der Waals surface area contributed by atoms with Gasteiger partial charge in [0.15, 0.2) is 6.10 Å². The van der Waals surface area contributed by atoms with Crippen LogP contribution in [-0.2, 0) is 20.8 Å². The van der Waals surface area contributed by atoms with Gasteiger partial charge in [-0.1, -0.05) is 111 Å². The molecule has 0 heterocycles. The zero-order valence-corrected chi connectivity index (χ0v) is 26.1. The maximum atomic E-state index is 9.84. The number of hydrogen-bond acceptors (Lipinski definition) is 6. The minimum Gasteiger partial charge on any atom is -0.497 e. The molecule has 1 aliphatic carbocycles. The molecule has 6 heteroatoms. The minimum atomic E-state index is -0.400. The van der Waals surface area contributed by atoms with Crippen LogP contribution in [0, 0.1) is 5.92 Å². The van der Waals surface area contributed by atoms with Gasteiger partial charge in [-0.05, 0) is 43.2 Å². The van der Waals surface area contributed by atoms with Gasteiger partial charge in [0.1, 0.15) is 23.7 Å². The second-order valence-electron chi connectivity index (χ2n) is 9.73. The van der Waals surface area contributed by atoms with E-state index in [0.29, 0.717) is 36.5 Å². The molecule has 1 fully saturated rings. The molecule has 1 saturated carbocycles. The first-order valence-electron chi connectivity index (χ1n) is 14.9. The fourth-order valence-corrected chi connectivity index (χ4v) is 4.35. The van der Waals surface area contributed by atoms with Crippen LogP contribution in [0.15, 0.2) is 166 Å². The van der Waals surface area contributed by atoms with Crippen molar-refractivity contribution in [2.75, 3.05) is 13.7 Å². The van der Waals surface area contributed by atoms with Crippen molar-refractivity contribution in [2.24, 2.45) is 5.92 Å².